The number of hydrogen-bond donors (Lipinski definition) is 3. The number of aromatic carboxylic acids is 1. The van der Waals surface area contributed by atoms with Crippen molar-refractivity contribution >= 4 is 28.5 Å². The molecule has 1 saturated heterocycles. The predicted molar refractivity (Wildman–Crippen MR) is 119 cm³/mol. The second-order valence-electron chi connectivity index (χ2n) is 8.75. The molecule has 1 aromatic heterocycles. The lowest BCUT2D eigenvalue weighted by Crippen LogP contribution is -2.40. The molecule has 0 bridgehead atoms. The van der Waals surface area contributed by atoms with Crippen molar-refractivity contribution < 1.29 is 42.1 Å². The van der Waals surface area contributed by atoms with Crippen LogP contribution in [0.3, 0.4) is 0 Å². The average Bonchev–Trinajstić information content (AvgIpc) is 3.22. The van der Waals surface area contributed by atoms with Crippen LogP contribution in [0.15, 0.2) is 29.2 Å². The van der Waals surface area contributed by atoms with Gasteiger partial charge in [0, 0.05) is 38.3 Å². The fraction of sp³-hybridized carbons (Fsp3) is 0.409. The highest BCUT2D eigenvalue weighted by molar-refractivity contribution is 5.97. The minimum Gasteiger partial charge on any atom is -0.477 e. The first-order valence-electron chi connectivity index (χ1n) is 10.8. The van der Waals surface area contributed by atoms with Gasteiger partial charge in [0.25, 0.3) is 0 Å². The van der Waals surface area contributed by atoms with Gasteiger partial charge in [-0.25, -0.2) is 14.0 Å². The first kappa shape index (κ1) is 25.3. The van der Waals surface area contributed by atoms with Crippen molar-refractivity contribution in [2.75, 3.05) is 36.8 Å². The molecule has 0 amide bonds. The molecule has 14 heteroatoms. The zero-order valence-electron chi connectivity index (χ0n) is 18.8. The molecule has 194 valence electrons. The van der Waals surface area contributed by atoms with E-state index in [4.69, 9.17) is 20.4 Å². The van der Waals surface area contributed by atoms with Gasteiger partial charge in [-0.1, -0.05) is 12.2 Å². The number of rotatable bonds is 2. The Morgan fingerprint density at radius 3 is 2.47 bits per heavy atom. The number of alkyl halides is 3. The molecule has 0 radical (unpaired) electrons. The Labute approximate surface area is 200 Å². The van der Waals surface area contributed by atoms with Crippen molar-refractivity contribution in [2.45, 2.75) is 18.6 Å². The number of fused-ring (bicyclic) bond motifs is 1. The Bertz CT molecular complexity index is 1320. The molecular weight excluding hydrogens is 492 g/mol. The van der Waals surface area contributed by atoms with Gasteiger partial charge < -0.3 is 25.6 Å². The quantitative estimate of drug-likeness (QED) is 0.404. The first-order valence-corrected chi connectivity index (χ1v) is 10.8. The maximum atomic E-state index is 15.3. The minimum atomic E-state index is -5.08. The van der Waals surface area contributed by atoms with Crippen molar-refractivity contribution in [3.8, 4) is 5.75 Å². The smallest absolute Gasteiger partial charge is 0.477 e. The molecule has 10 nitrogen and oxygen atoms in total. The molecule has 4 N–H and O–H groups in total. The van der Waals surface area contributed by atoms with E-state index < -0.39 is 34.9 Å². The molecule has 1 aromatic carbocycles. The van der Waals surface area contributed by atoms with Gasteiger partial charge in [-0.2, -0.15) is 13.2 Å². The summed E-state index contributed by atoms with van der Waals surface area (Å²) < 4.78 is 54.4. The number of hydrogen-bond acceptors (Lipinski definition) is 7. The Balaban J connectivity index is 0.000000384. The van der Waals surface area contributed by atoms with Crippen LogP contribution in [0.1, 0.15) is 16.8 Å². The van der Waals surface area contributed by atoms with Crippen LogP contribution in [0.25, 0.3) is 10.9 Å². The predicted octanol–water partition coefficient (Wildman–Crippen LogP) is 1.73. The van der Waals surface area contributed by atoms with E-state index in [0.717, 1.165) is 12.5 Å². The maximum absolute atomic E-state index is 15.3. The summed E-state index contributed by atoms with van der Waals surface area (Å²) >= 11 is 0. The summed E-state index contributed by atoms with van der Waals surface area (Å²) in [5.74, 6) is -3.97. The molecule has 2 aromatic rings. The number of nitrogens with two attached hydrogens (primary N) is 1. The molecule has 3 aliphatic rings. The van der Waals surface area contributed by atoms with Gasteiger partial charge in [-0.3, -0.25) is 14.5 Å². The second kappa shape index (κ2) is 9.00. The SMILES string of the molecule is CN1COc2c(N3CC4C=CCC(N)C4C3)c(F)cc3c(=O)c(C(=O)O)cn1c23.O=C(O)C(F)(F)F. The average molecular weight is 514 g/mol. The summed E-state index contributed by atoms with van der Waals surface area (Å²) in [6.45, 7) is 1.31. The number of carbonyl (C=O) groups is 2. The van der Waals surface area contributed by atoms with E-state index in [2.05, 4.69) is 12.2 Å². The topological polar surface area (TPSA) is 138 Å². The highest BCUT2D eigenvalue weighted by Crippen LogP contribution is 2.44. The zero-order chi connectivity index (χ0) is 26.5. The van der Waals surface area contributed by atoms with Crippen molar-refractivity contribution in [3.05, 3.63) is 46.0 Å². The molecule has 1 aliphatic carbocycles. The Kier molecular flexibility index (Phi) is 6.32. The number of aromatic nitrogens is 1. The van der Waals surface area contributed by atoms with Crippen LogP contribution in [0.2, 0.25) is 0 Å². The minimum absolute atomic E-state index is 0.0130. The zero-order valence-corrected chi connectivity index (χ0v) is 18.8. The number of nitrogens with zero attached hydrogens (tertiary/aromatic N) is 3. The fourth-order valence-corrected chi connectivity index (χ4v) is 4.75. The molecule has 0 spiro atoms. The third-order valence-corrected chi connectivity index (χ3v) is 6.46. The molecule has 2 aliphatic heterocycles. The van der Waals surface area contributed by atoms with Gasteiger partial charge in [0.2, 0.25) is 5.43 Å². The third kappa shape index (κ3) is 4.32. The molecule has 1 fully saturated rings. The van der Waals surface area contributed by atoms with E-state index in [-0.39, 0.29) is 35.7 Å². The lowest BCUT2D eigenvalue weighted by molar-refractivity contribution is -0.192. The van der Waals surface area contributed by atoms with Crippen LogP contribution in [0.4, 0.5) is 23.2 Å². The normalized spacial score (nSPS) is 22.6. The Morgan fingerprint density at radius 1 is 1.22 bits per heavy atom. The molecule has 3 unspecified atom stereocenters. The summed E-state index contributed by atoms with van der Waals surface area (Å²) in [5.41, 5.74) is 5.81. The summed E-state index contributed by atoms with van der Waals surface area (Å²) in [6.07, 6.45) is 1.21. The van der Waals surface area contributed by atoms with Gasteiger partial charge in [0.05, 0.1) is 5.39 Å². The summed E-state index contributed by atoms with van der Waals surface area (Å²) in [5, 5.41) is 18.1. The largest absolute Gasteiger partial charge is 0.490 e. The van der Waals surface area contributed by atoms with Crippen LogP contribution in [0, 0.1) is 17.7 Å². The summed E-state index contributed by atoms with van der Waals surface area (Å²) in [7, 11) is 1.70. The monoisotopic (exact) mass is 514 g/mol. The molecular formula is C22H22F4N4O6. The van der Waals surface area contributed by atoms with Crippen molar-refractivity contribution in [1.29, 1.82) is 0 Å². The van der Waals surface area contributed by atoms with E-state index in [1.54, 1.807) is 16.7 Å². The number of pyridine rings is 1. The van der Waals surface area contributed by atoms with Gasteiger partial charge in [0.1, 0.15) is 16.8 Å². The maximum Gasteiger partial charge on any atom is 0.490 e. The van der Waals surface area contributed by atoms with E-state index in [1.165, 1.54) is 6.20 Å². The van der Waals surface area contributed by atoms with Crippen molar-refractivity contribution in [1.82, 2.24) is 4.68 Å². The number of carboxylic acid groups (broad SMARTS) is 2. The van der Waals surface area contributed by atoms with Crippen LogP contribution in [-0.2, 0) is 4.79 Å². The lowest BCUT2D eigenvalue weighted by atomic mass is 9.83. The highest BCUT2D eigenvalue weighted by atomic mass is 19.4. The van der Waals surface area contributed by atoms with Gasteiger partial charge in [-0.15, -0.1) is 0 Å². The number of halogens is 4. The van der Waals surface area contributed by atoms with Gasteiger partial charge in [0.15, 0.2) is 18.3 Å². The number of ether oxygens (including phenoxy) is 1. The third-order valence-electron chi connectivity index (χ3n) is 6.46. The molecule has 5 rings (SSSR count). The van der Waals surface area contributed by atoms with Gasteiger partial charge in [-0.05, 0) is 18.4 Å². The van der Waals surface area contributed by atoms with Gasteiger partial charge >= 0.3 is 18.1 Å². The number of carboxylic acids is 2. The first-order chi connectivity index (χ1) is 16.8. The van der Waals surface area contributed by atoms with E-state index >= 15 is 4.39 Å². The fourth-order valence-electron chi connectivity index (χ4n) is 4.75. The van der Waals surface area contributed by atoms with Crippen molar-refractivity contribution in [3.63, 3.8) is 0 Å². The highest BCUT2D eigenvalue weighted by Gasteiger charge is 2.40. The molecule has 3 atom stereocenters. The van der Waals surface area contributed by atoms with Crippen LogP contribution in [-0.4, -0.2) is 65.9 Å². The lowest BCUT2D eigenvalue weighted by Gasteiger charge is -2.33. The second-order valence-corrected chi connectivity index (χ2v) is 8.75. The van der Waals surface area contributed by atoms with Crippen LogP contribution < -0.4 is 25.8 Å². The Hall–Kier alpha value is -3.81. The number of aliphatic carboxylic acids is 1. The van der Waals surface area contributed by atoms with E-state index in [9.17, 15) is 27.9 Å². The molecule has 36 heavy (non-hydrogen) atoms. The van der Waals surface area contributed by atoms with Crippen LogP contribution >= 0.6 is 0 Å². The van der Waals surface area contributed by atoms with E-state index in [0.29, 0.717) is 24.3 Å². The molecule has 0 saturated carbocycles. The Morgan fingerprint density at radius 2 is 1.89 bits per heavy atom. The van der Waals surface area contributed by atoms with Crippen molar-refractivity contribution in [2.24, 2.45) is 17.6 Å². The van der Waals surface area contributed by atoms with Crippen LogP contribution in [0.5, 0.6) is 5.75 Å². The standard InChI is InChI=1S/C20H21FN4O4.C2HF3O2/c1-23-9-29-19-16-11(18(26)13(20(27)28)8-25(16)23)5-14(21)17(19)24-6-10-3-2-4-15(22)12(10)7-24;3-2(4,5)1(6)7/h2-3,5,8,10,12,15H,4,6-7,9,22H2,1H3,(H,27,28);(H,6,7). The molecule has 3 heterocycles. The summed E-state index contributed by atoms with van der Waals surface area (Å²) in [4.78, 5) is 35.0. The summed E-state index contributed by atoms with van der Waals surface area (Å²) in [6, 6.07) is 1.15. The number of anilines is 1. The van der Waals surface area contributed by atoms with E-state index in [1.807, 2.05) is 4.90 Å². The number of benzene rings is 1.